The van der Waals surface area contributed by atoms with Crippen LogP contribution in [0.15, 0.2) is 18.2 Å². The first-order valence-corrected chi connectivity index (χ1v) is 9.67. The number of thiazole rings is 1. The number of fused-ring (bicyclic) bond motifs is 2. The quantitative estimate of drug-likeness (QED) is 0.892. The Balaban J connectivity index is 1.68. The van der Waals surface area contributed by atoms with Gasteiger partial charge < -0.3 is 19.7 Å². The molecular weight excluding hydrogens is 350 g/mol. The number of hydrogen-bond acceptors (Lipinski definition) is 6. The van der Waals surface area contributed by atoms with Crippen molar-refractivity contribution in [3.8, 4) is 11.5 Å². The molecule has 1 amide bonds. The fraction of sp³-hybridized carbons (Fsp3) is 0.474. The minimum atomic E-state index is -0.262. The molecule has 0 bridgehead atoms. The highest BCUT2D eigenvalue weighted by atomic mass is 32.1. The van der Waals surface area contributed by atoms with Crippen LogP contribution in [0.4, 0.5) is 10.8 Å². The topological polar surface area (TPSA) is 63.7 Å². The maximum absolute atomic E-state index is 12.4. The van der Waals surface area contributed by atoms with E-state index in [4.69, 9.17) is 14.5 Å². The molecule has 1 aromatic carbocycles. The number of aromatic nitrogens is 1. The number of nitrogens with one attached hydrogen (secondary N) is 1. The average molecular weight is 373 g/mol. The lowest BCUT2D eigenvalue weighted by Crippen LogP contribution is -2.48. The molecule has 2 aliphatic heterocycles. The fourth-order valence-electron chi connectivity index (χ4n) is 3.32. The molecule has 0 fully saturated rings. The molecule has 0 radical (unpaired) electrons. The monoisotopic (exact) mass is 373 g/mol. The van der Waals surface area contributed by atoms with Crippen molar-refractivity contribution in [1.82, 2.24) is 10.3 Å². The Hall–Kier alpha value is -2.28. The van der Waals surface area contributed by atoms with Crippen molar-refractivity contribution >= 4 is 28.1 Å². The summed E-state index contributed by atoms with van der Waals surface area (Å²) in [7, 11) is 0. The van der Waals surface area contributed by atoms with Gasteiger partial charge in [0.1, 0.15) is 23.0 Å². The number of nitrogens with zero attached hydrogens (tertiary/aromatic N) is 2. The molecule has 0 unspecified atom stereocenters. The summed E-state index contributed by atoms with van der Waals surface area (Å²) >= 11 is 1.45. The van der Waals surface area contributed by atoms with Crippen molar-refractivity contribution in [2.75, 3.05) is 18.1 Å². The van der Waals surface area contributed by atoms with Crippen molar-refractivity contribution in [3.63, 3.8) is 0 Å². The zero-order valence-electron chi connectivity index (χ0n) is 15.5. The van der Waals surface area contributed by atoms with Crippen molar-refractivity contribution < 1.29 is 14.3 Å². The molecule has 0 saturated carbocycles. The second-order valence-electron chi connectivity index (χ2n) is 7.58. The number of benzene rings is 1. The highest BCUT2D eigenvalue weighted by Gasteiger charge is 2.34. The van der Waals surface area contributed by atoms with Gasteiger partial charge in [-0.3, -0.25) is 4.79 Å². The van der Waals surface area contributed by atoms with Crippen LogP contribution in [-0.2, 0) is 6.42 Å². The molecule has 0 aliphatic carbocycles. The van der Waals surface area contributed by atoms with E-state index in [2.05, 4.69) is 10.2 Å². The number of anilines is 2. The molecule has 2 aromatic rings. The zero-order chi connectivity index (χ0) is 18.5. The minimum Gasteiger partial charge on any atom is -0.491 e. The maximum atomic E-state index is 12.4. The van der Waals surface area contributed by atoms with Gasteiger partial charge in [-0.2, -0.15) is 0 Å². The molecule has 4 rings (SSSR count). The predicted octanol–water partition coefficient (Wildman–Crippen LogP) is 3.53. The molecule has 3 heterocycles. The summed E-state index contributed by atoms with van der Waals surface area (Å²) in [5.41, 5.74) is 1.58. The van der Waals surface area contributed by atoms with Crippen molar-refractivity contribution in [2.45, 2.75) is 45.8 Å². The van der Waals surface area contributed by atoms with Crippen LogP contribution >= 0.6 is 11.3 Å². The summed E-state index contributed by atoms with van der Waals surface area (Å²) < 4.78 is 11.6. The Morgan fingerprint density at radius 2 is 2.19 bits per heavy atom. The lowest BCUT2D eigenvalue weighted by molar-refractivity contribution is 0.0901. The summed E-state index contributed by atoms with van der Waals surface area (Å²) in [5, 5.41) is 3.88. The average Bonchev–Trinajstić information content (AvgIpc) is 2.96. The van der Waals surface area contributed by atoms with E-state index < -0.39 is 0 Å². The smallest absolute Gasteiger partial charge is 0.263 e. The SMILES string of the molecule is CC(C)Oc1ccc2c(c1)OCCN2c1nc2c(s1)C(=O)NC(C)(C)C2. The number of carbonyl (C=O) groups is 1. The van der Waals surface area contributed by atoms with Gasteiger partial charge in [-0.05, 0) is 39.8 Å². The minimum absolute atomic E-state index is 0.0332. The van der Waals surface area contributed by atoms with Gasteiger partial charge in [-0.15, -0.1) is 0 Å². The Morgan fingerprint density at radius 3 is 2.96 bits per heavy atom. The molecule has 0 saturated heterocycles. The first-order chi connectivity index (χ1) is 12.3. The van der Waals surface area contributed by atoms with Gasteiger partial charge in [0, 0.05) is 18.0 Å². The van der Waals surface area contributed by atoms with Crippen LogP contribution in [0.3, 0.4) is 0 Å². The van der Waals surface area contributed by atoms with Gasteiger partial charge in [0.2, 0.25) is 0 Å². The number of hydrogen-bond donors (Lipinski definition) is 1. The van der Waals surface area contributed by atoms with Crippen molar-refractivity contribution in [3.05, 3.63) is 28.8 Å². The molecule has 6 nitrogen and oxygen atoms in total. The van der Waals surface area contributed by atoms with E-state index >= 15 is 0 Å². The van der Waals surface area contributed by atoms with Crippen LogP contribution < -0.4 is 19.7 Å². The summed E-state index contributed by atoms with van der Waals surface area (Å²) in [6, 6.07) is 5.87. The number of amides is 1. The highest BCUT2D eigenvalue weighted by molar-refractivity contribution is 7.17. The fourth-order valence-corrected chi connectivity index (χ4v) is 4.34. The summed E-state index contributed by atoms with van der Waals surface area (Å²) in [6.07, 6.45) is 0.850. The second kappa shape index (κ2) is 6.16. The largest absolute Gasteiger partial charge is 0.491 e. The lowest BCUT2D eigenvalue weighted by Gasteiger charge is -2.29. The molecule has 138 valence electrons. The third-order valence-corrected chi connectivity index (χ3v) is 5.47. The van der Waals surface area contributed by atoms with Crippen LogP contribution in [-0.4, -0.2) is 35.7 Å². The first kappa shape index (κ1) is 17.1. The van der Waals surface area contributed by atoms with E-state index in [9.17, 15) is 4.79 Å². The Bertz CT molecular complexity index is 860. The normalized spacial score (nSPS) is 18.0. The van der Waals surface area contributed by atoms with Gasteiger partial charge in [0.15, 0.2) is 5.13 Å². The molecule has 7 heteroatoms. The van der Waals surface area contributed by atoms with Crippen LogP contribution in [0.25, 0.3) is 0 Å². The van der Waals surface area contributed by atoms with Gasteiger partial charge in [0.05, 0.1) is 24.0 Å². The summed E-state index contributed by atoms with van der Waals surface area (Å²) in [6.45, 7) is 9.31. The van der Waals surface area contributed by atoms with Gasteiger partial charge in [0.25, 0.3) is 5.91 Å². The number of ether oxygens (including phenoxy) is 2. The zero-order valence-corrected chi connectivity index (χ0v) is 16.3. The molecule has 2 aliphatic rings. The van der Waals surface area contributed by atoms with E-state index in [1.165, 1.54) is 11.3 Å². The lowest BCUT2D eigenvalue weighted by atomic mass is 9.94. The second-order valence-corrected chi connectivity index (χ2v) is 8.56. The third kappa shape index (κ3) is 3.11. The van der Waals surface area contributed by atoms with Gasteiger partial charge in [-0.1, -0.05) is 11.3 Å². The molecule has 0 atom stereocenters. The molecular formula is C19H23N3O3S. The molecule has 1 N–H and O–H groups in total. The summed E-state index contributed by atoms with van der Waals surface area (Å²) in [4.78, 5) is 20.0. The predicted molar refractivity (Wildman–Crippen MR) is 102 cm³/mol. The van der Waals surface area contributed by atoms with Crippen LogP contribution in [0.5, 0.6) is 11.5 Å². The van der Waals surface area contributed by atoms with E-state index in [0.717, 1.165) is 34.4 Å². The van der Waals surface area contributed by atoms with Crippen molar-refractivity contribution in [2.24, 2.45) is 0 Å². The Kier molecular flexibility index (Phi) is 4.06. The number of carbonyl (C=O) groups excluding carboxylic acids is 1. The third-order valence-electron chi connectivity index (χ3n) is 4.35. The highest BCUT2D eigenvalue weighted by Crippen LogP contribution is 2.42. The van der Waals surface area contributed by atoms with E-state index in [0.29, 0.717) is 18.0 Å². The van der Waals surface area contributed by atoms with Crippen LogP contribution in [0, 0.1) is 0 Å². The van der Waals surface area contributed by atoms with Crippen molar-refractivity contribution in [1.29, 1.82) is 0 Å². The molecule has 0 spiro atoms. The van der Waals surface area contributed by atoms with E-state index in [-0.39, 0.29) is 17.6 Å². The number of rotatable bonds is 3. The van der Waals surface area contributed by atoms with Gasteiger partial charge in [-0.25, -0.2) is 4.98 Å². The maximum Gasteiger partial charge on any atom is 0.263 e. The molecule has 1 aromatic heterocycles. The van der Waals surface area contributed by atoms with E-state index in [1.54, 1.807) is 0 Å². The van der Waals surface area contributed by atoms with Crippen LogP contribution in [0.2, 0.25) is 0 Å². The van der Waals surface area contributed by atoms with Crippen LogP contribution in [0.1, 0.15) is 43.1 Å². The van der Waals surface area contributed by atoms with E-state index in [1.807, 2.05) is 45.9 Å². The standard InChI is InChI=1S/C19H23N3O3S/c1-11(2)25-12-5-6-14-15(9-12)24-8-7-22(14)18-20-13-10-19(3,4)21-17(23)16(13)26-18/h5-6,9,11H,7-8,10H2,1-4H3,(H,21,23). The Labute approximate surface area is 157 Å². The van der Waals surface area contributed by atoms with Gasteiger partial charge >= 0.3 is 0 Å². The summed E-state index contributed by atoms with van der Waals surface area (Å²) in [5.74, 6) is 1.54. The Morgan fingerprint density at radius 1 is 1.38 bits per heavy atom. The molecule has 26 heavy (non-hydrogen) atoms. The first-order valence-electron chi connectivity index (χ1n) is 8.86.